The molecular formula is C19H24N4O2. The topological polar surface area (TPSA) is 68.2 Å². The predicted molar refractivity (Wildman–Crippen MR) is 93.9 cm³/mol. The van der Waals surface area contributed by atoms with E-state index in [0.717, 1.165) is 52.8 Å². The molecule has 0 aliphatic heterocycles. The van der Waals surface area contributed by atoms with E-state index in [4.69, 9.17) is 9.05 Å². The minimum atomic E-state index is 0.128. The first-order valence-corrected chi connectivity index (χ1v) is 8.45. The summed E-state index contributed by atoms with van der Waals surface area (Å²) in [5.41, 5.74) is 5.12. The van der Waals surface area contributed by atoms with E-state index in [-0.39, 0.29) is 6.04 Å². The van der Waals surface area contributed by atoms with Gasteiger partial charge in [0.1, 0.15) is 11.5 Å². The zero-order valence-electron chi connectivity index (χ0n) is 15.4. The Morgan fingerprint density at radius 1 is 0.920 bits per heavy atom. The Labute approximate surface area is 147 Å². The fourth-order valence-corrected chi connectivity index (χ4v) is 3.00. The Kier molecular flexibility index (Phi) is 4.99. The lowest BCUT2D eigenvalue weighted by molar-refractivity contribution is 0.186. The third-order valence-electron chi connectivity index (χ3n) is 4.75. The molecule has 0 aromatic carbocycles. The summed E-state index contributed by atoms with van der Waals surface area (Å²) in [4.78, 5) is 6.88. The molecule has 0 aliphatic rings. The zero-order valence-corrected chi connectivity index (χ0v) is 15.4. The fourth-order valence-electron chi connectivity index (χ4n) is 3.00. The van der Waals surface area contributed by atoms with Crippen LogP contribution in [0.4, 0.5) is 0 Å². The Balaban J connectivity index is 1.93. The van der Waals surface area contributed by atoms with Gasteiger partial charge in [0.05, 0.1) is 17.1 Å². The van der Waals surface area contributed by atoms with Crippen LogP contribution in [0.25, 0.3) is 0 Å². The number of hydrogen-bond acceptors (Lipinski definition) is 6. The number of aryl methyl sites for hydroxylation is 4. The zero-order chi connectivity index (χ0) is 18.0. The van der Waals surface area contributed by atoms with Crippen LogP contribution >= 0.6 is 0 Å². The van der Waals surface area contributed by atoms with Crippen LogP contribution in [0.3, 0.4) is 0 Å². The van der Waals surface area contributed by atoms with E-state index in [9.17, 15) is 0 Å². The Bertz CT molecular complexity index is 751. The number of hydrogen-bond donors (Lipinski definition) is 0. The Hall–Kier alpha value is -2.47. The molecule has 6 nitrogen and oxygen atoms in total. The van der Waals surface area contributed by atoms with E-state index in [1.165, 1.54) is 0 Å². The van der Waals surface area contributed by atoms with E-state index < -0.39 is 0 Å². The molecule has 0 N–H and O–H groups in total. The molecule has 0 bridgehead atoms. The Morgan fingerprint density at radius 2 is 1.48 bits per heavy atom. The van der Waals surface area contributed by atoms with Gasteiger partial charge in [0, 0.05) is 36.5 Å². The van der Waals surface area contributed by atoms with Gasteiger partial charge in [-0.05, 0) is 46.8 Å². The van der Waals surface area contributed by atoms with E-state index in [0.29, 0.717) is 0 Å². The molecule has 0 saturated heterocycles. The highest BCUT2D eigenvalue weighted by Gasteiger charge is 2.23. The molecule has 0 amide bonds. The van der Waals surface area contributed by atoms with Crippen LogP contribution in [0.2, 0.25) is 0 Å². The fraction of sp³-hybridized carbons (Fsp3) is 0.421. The highest BCUT2D eigenvalue weighted by Crippen LogP contribution is 2.27. The lowest BCUT2D eigenvalue weighted by Gasteiger charge is -2.28. The number of aromatic nitrogens is 3. The highest BCUT2D eigenvalue weighted by atomic mass is 16.5. The van der Waals surface area contributed by atoms with Crippen LogP contribution in [0, 0.1) is 27.7 Å². The molecule has 132 valence electrons. The van der Waals surface area contributed by atoms with Crippen LogP contribution in [0.5, 0.6) is 0 Å². The molecule has 0 saturated carbocycles. The summed E-state index contributed by atoms with van der Waals surface area (Å²) >= 11 is 0. The summed E-state index contributed by atoms with van der Waals surface area (Å²) in [6.07, 6.45) is 1.83. The second kappa shape index (κ2) is 7.19. The SMILES string of the molecule is Cc1noc(C)c1CN(Cc1c(C)noc1C)[C@@H](C)c1ccccn1. The van der Waals surface area contributed by atoms with Crippen LogP contribution in [-0.4, -0.2) is 20.2 Å². The number of rotatable bonds is 6. The van der Waals surface area contributed by atoms with Gasteiger partial charge in [0.25, 0.3) is 0 Å². The molecule has 3 aromatic heterocycles. The van der Waals surface area contributed by atoms with Gasteiger partial charge in [-0.25, -0.2) is 0 Å². The van der Waals surface area contributed by atoms with Gasteiger partial charge in [-0.2, -0.15) is 0 Å². The molecule has 0 spiro atoms. The maximum absolute atomic E-state index is 5.34. The van der Waals surface area contributed by atoms with Gasteiger partial charge < -0.3 is 9.05 Å². The molecule has 0 radical (unpaired) electrons. The molecular weight excluding hydrogens is 316 g/mol. The lowest BCUT2D eigenvalue weighted by Crippen LogP contribution is -2.27. The summed E-state index contributed by atoms with van der Waals surface area (Å²) in [5.74, 6) is 1.71. The first-order chi connectivity index (χ1) is 12.0. The van der Waals surface area contributed by atoms with Crippen LogP contribution in [0.1, 0.15) is 52.7 Å². The van der Waals surface area contributed by atoms with E-state index in [1.807, 2.05) is 46.0 Å². The number of nitrogens with zero attached hydrogens (tertiary/aromatic N) is 4. The summed E-state index contributed by atoms with van der Waals surface area (Å²) in [5, 5.41) is 8.17. The molecule has 0 aliphatic carbocycles. The van der Waals surface area contributed by atoms with Gasteiger partial charge in [0.15, 0.2) is 0 Å². The Morgan fingerprint density at radius 3 is 1.88 bits per heavy atom. The van der Waals surface area contributed by atoms with E-state index in [1.54, 1.807) is 0 Å². The third kappa shape index (κ3) is 3.64. The molecule has 25 heavy (non-hydrogen) atoms. The van der Waals surface area contributed by atoms with E-state index >= 15 is 0 Å². The van der Waals surface area contributed by atoms with Crippen molar-refractivity contribution in [3.05, 3.63) is 64.1 Å². The van der Waals surface area contributed by atoms with Crippen molar-refractivity contribution in [2.24, 2.45) is 0 Å². The summed E-state index contributed by atoms with van der Waals surface area (Å²) in [6, 6.07) is 6.13. The summed E-state index contributed by atoms with van der Waals surface area (Å²) in [6.45, 7) is 11.5. The van der Waals surface area contributed by atoms with Crippen LogP contribution in [0.15, 0.2) is 33.4 Å². The molecule has 6 heteroatoms. The standard InChI is InChI=1S/C19H24N4O2/c1-12-17(15(4)24-21-12)10-23(11-18-13(2)22-25-16(18)5)14(3)19-8-6-7-9-20-19/h6-9,14H,10-11H2,1-5H3/t14-/m0/s1. The smallest absolute Gasteiger partial charge is 0.138 e. The first-order valence-electron chi connectivity index (χ1n) is 8.45. The normalized spacial score (nSPS) is 12.7. The van der Waals surface area contributed by atoms with Gasteiger partial charge in [-0.1, -0.05) is 16.4 Å². The van der Waals surface area contributed by atoms with Crippen molar-refractivity contribution in [2.75, 3.05) is 0 Å². The van der Waals surface area contributed by atoms with Gasteiger partial charge in [-0.15, -0.1) is 0 Å². The van der Waals surface area contributed by atoms with Crippen molar-refractivity contribution in [3.8, 4) is 0 Å². The third-order valence-corrected chi connectivity index (χ3v) is 4.75. The average Bonchev–Trinajstić information content (AvgIpc) is 3.11. The maximum Gasteiger partial charge on any atom is 0.138 e. The van der Waals surface area contributed by atoms with Crippen molar-refractivity contribution in [1.82, 2.24) is 20.2 Å². The maximum atomic E-state index is 5.34. The van der Waals surface area contributed by atoms with Crippen LogP contribution < -0.4 is 0 Å². The first kappa shape index (κ1) is 17.4. The molecule has 1 atom stereocenters. The molecule has 3 heterocycles. The monoisotopic (exact) mass is 340 g/mol. The minimum absolute atomic E-state index is 0.128. The molecule has 3 aromatic rings. The second-order valence-corrected chi connectivity index (χ2v) is 6.44. The molecule has 3 rings (SSSR count). The van der Waals surface area contributed by atoms with Gasteiger partial charge in [-0.3, -0.25) is 9.88 Å². The summed E-state index contributed by atoms with van der Waals surface area (Å²) < 4.78 is 10.7. The van der Waals surface area contributed by atoms with Gasteiger partial charge >= 0.3 is 0 Å². The predicted octanol–water partition coefficient (Wildman–Crippen LogP) is 4.05. The van der Waals surface area contributed by atoms with Crippen molar-refractivity contribution in [1.29, 1.82) is 0 Å². The number of pyridine rings is 1. The van der Waals surface area contributed by atoms with Gasteiger partial charge in [0.2, 0.25) is 0 Å². The van der Waals surface area contributed by atoms with Crippen molar-refractivity contribution in [2.45, 2.75) is 53.8 Å². The minimum Gasteiger partial charge on any atom is -0.361 e. The van der Waals surface area contributed by atoms with Crippen molar-refractivity contribution >= 4 is 0 Å². The molecule has 0 fully saturated rings. The second-order valence-electron chi connectivity index (χ2n) is 6.44. The highest BCUT2D eigenvalue weighted by molar-refractivity contribution is 5.24. The van der Waals surface area contributed by atoms with Crippen molar-refractivity contribution in [3.63, 3.8) is 0 Å². The lowest BCUT2D eigenvalue weighted by atomic mass is 10.1. The average molecular weight is 340 g/mol. The summed E-state index contributed by atoms with van der Waals surface area (Å²) in [7, 11) is 0. The van der Waals surface area contributed by atoms with Crippen molar-refractivity contribution < 1.29 is 9.05 Å². The molecule has 0 unspecified atom stereocenters. The quantitative estimate of drug-likeness (QED) is 0.674. The largest absolute Gasteiger partial charge is 0.361 e. The van der Waals surface area contributed by atoms with E-state index in [2.05, 4.69) is 33.2 Å². The van der Waals surface area contributed by atoms with Crippen LogP contribution in [-0.2, 0) is 13.1 Å².